The Morgan fingerprint density at radius 1 is 1.36 bits per heavy atom. The smallest absolute Gasteiger partial charge is 0.235 e. The van der Waals surface area contributed by atoms with E-state index in [2.05, 4.69) is 10.6 Å². The maximum absolute atomic E-state index is 11.7. The van der Waals surface area contributed by atoms with Crippen LogP contribution >= 0.6 is 35.6 Å². The van der Waals surface area contributed by atoms with Crippen molar-refractivity contribution < 1.29 is 17.9 Å². The van der Waals surface area contributed by atoms with E-state index in [0.717, 1.165) is 11.8 Å². The topological polar surface area (TPSA) is 84.5 Å². The minimum Gasteiger partial charge on any atom is -0.372 e. The molecule has 0 unspecified atom stereocenters. The number of amides is 1. The summed E-state index contributed by atoms with van der Waals surface area (Å²) in [7, 11) is -3.35. The van der Waals surface area contributed by atoms with E-state index in [9.17, 15) is 13.2 Å². The lowest BCUT2D eigenvalue weighted by atomic mass is 9.95. The summed E-state index contributed by atoms with van der Waals surface area (Å²) >= 11 is 12.0. The molecule has 2 rings (SSSR count). The largest absolute Gasteiger partial charge is 0.372 e. The number of ether oxygens (including phenoxy) is 1. The van der Waals surface area contributed by atoms with Crippen molar-refractivity contribution in [3.63, 3.8) is 0 Å². The van der Waals surface area contributed by atoms with Crippen LogP contribution in [0.5, 0.6) is 0 Å². The van der Waals surface area contributed by atoms with Crippen LogP contribution in [-0.2, 0) is 19.4 Å². The van der Waals surface area contributed by atoms with E-state index >= 15 is 0 Å². The third-order valence-corrected chi connectivity index (χ3v) is 5.16. The van der Waals surface area contributed by atoms with Crippen LogP contribution in [0.2, 0.25) is 10.0 Å². The fourth-order valence-corrected chi connectivity index (χ4v) is 3.44. The van der Waals surface area contributed by atoms with Gasteiger partial charge in [-0.3, -0.25) is 4.79 Å². The number of benzene rings is 1. The number of carbonyl (C=O) groups is 1. The Hall–Kier alpha value is -0.570. The number of nitrogens with one attached hydrogen (secondary N) is 2. The van der Waals surface area contributed by atoms with Crippen LogP contribution in [-0.4, -0.2) is 52.6 Å². The minimum atomic E-state index is -3.35. The molecule has 2 N–H and O–H groups in total. The number of rotatable bonds is 5. The second kappa shape index (κ2) is 9.94. The third kappa shape index (κ3) is 7.29. The van der Waals surface area contributed by atoms with E-state index in [4.69, 9.17) is 27.9 Å². The number of sulfone groups is 1. The van der Waals surface area contributed by atoms with Crippen molar-refractivity contribution >= 4 is 51.4 Å². The molecule has 1 fully saturated rings. The lowest BCUT2D eigenvalue weighted by Crippen LogP contribution is -2.38. The second-order valence-electron chi connectivity index (χ2n) is 5.80. The van der Waals surface area contributed by atoms with Gasteiger partial charge < -0.3 is 15.4 Å². The summed E-state index contributed by atoms with van der Waals surface area (Å²) in [5, 5.41) is 6.81. The lowest BCUT2D eigenvalue weighted by molar-refractivity contribution is -0.119. The van der Waals surface area contributed by atoms with Gasteiger partial charge in [0.2, 0.25) is 5.91 Å². The molecule has 0 radical (unpaired) electrons. The quantitative estimate of drug-likeness (QED) is 0.743. The van der Waals surface area contributed by atoms with Gasteiger partial charge >= 0.3 is 0 Å². The summed E-state index contributed by atoms with van der Waals surface area (Å²) in [5.74, 6) is -1.10. The summed E-state index contributed by atoms with van der Waals surface area (Å²) in [6, 6.07) is 5.31. The van der Waals surface area contributed by atoms with Gasteiger partial charge in [0, 0.05) is 31.8 Å². The number of halogens is 3. The first-order valence-corrected chi connectivity index (χ1v) is 10.3. The van der Waals surface area contributed by atoms with Crippen molar-refractivity contribution in [1.29, 1.82) is 0 Å². The van der Waals surface area contributed by atoms with Crippen molar-refractivity contribution in [3.8, 4) is 0 Å². The number of carbonyl (C=O) groups excluding carboxylic acids is 1. The van der Waals surface area contributed by atoms with Gasteiger partial charge in [-0.15, -0.1) is 12.4 Å². The second-order valence-corrected chi connectivity index (χ2v) is 8.76. The van der Waals surface area contributed by atoms with Crippen LogP contribution in [0.15, 0.2) is 18.2 Å². The first-order valence-electron chi connectivity index (χ1n) is 7.48. The molecular weight excluding hydrogens is 411 g/mol. The summed E-state index contributed by atoms with van der Waals surface area (Å²) in [6.45, 7) is 2.15. The predicted octanol–water partition coefficient (Wildman–Crippen LogP) is 1.85. The maximum atomic E-state index is 11.7. The van der Waals surface area contributed by atoms with E-state index in [1.165, 1.54) is 0 Å². The van der Waals surface area contributed by atoms with Gasteiger partial charge in [-0.05, 0) is 17.7 Å². The van der Waals surface area contributed by atoms with Crippen LogP contribution in [0.4, 0.5) is 0 Å². The predicted molar refractivity (Wildman–Crippen MR) is 101 cm³/mol. The molecule has 0 spiro atoms. The van der Waals surface area contributed by atoms with Gasteiger partial charge in [-0.2, -0.15) is 0 Å². The van der Waals surface area contributed by atoms with E-state index in [-0.39, 0.29) is 24.4 Å². The van der Waals surface area contributed by atoms with E-state index in [1.807, 2.05) is 6.07 Å². The molecule has 1 aliphatic rings. The van der Waals surface area contributed by atoms with Crippen LogP contribution < -0.4 is 10.6 Å². The molecule has 10 heteroatoms. The highest BCUT2D eigenvalue weighted by Crippen LogP contribution is 2.31. The number of hydrogen-bond acceptors (Lipinski definition) is 5. The highest BCUT2D eigenvalue weighted by molar-refractivity contribution is 7.91. The monoisotopic (exact) mass is 430 g/mol. The first kappa shape index (κ1) is 22.5. The molecule has 25 heavy (non-hydrogen) atoms. The van der Waals surface area contributed by atoms with Crippen LogP contribution in [0, 0.1) is 5.92 Å². The Morgan fingerprint density at radius 3 is 2.72 bits per heavy atom. The van der Waals surface area contributed by atoms with Gasteiger partial charge in [-0.1, -0.05) is 29.3 Å². The summed E-state index contributed by atoms with van der Waals surface area (Å²) in [5.41, 5.74) is 0.871. The highest BCUT2D eigenvalue weighted by atomic mass is 35.5. The Morgan fingerprint density at radius 2 is 2.08 bits per heavy atom. The number of hydrogen-bond donors (Lipinski definition) is 2. The van der Waals surface area contributed by atoms with Gasteiger partial charge in [0.15, 0.2) is 9.84 Å². The van der Waals surface area contributed by atoms with Gasteiger partial charge in [0.05, 0.1) is 22.8 Å². The van der Waals surface area contributed by atoms with E-state index in [1.54, 1.807) is 12.1 Å². The molecule has 0 bridgehead atoms. The molecule has 142 valence electrons. The van der Waals surface area contributed by atoms with E-state index in [0.29, 0.717) is 36.3 Å². The fraction of sp³-hybridized carbons (Fsp3) is 0.533. The van der Waals surface area contributed by atoms with Crippen molar-refractivity contribution in [3.05, 3.63) is 33.8 Å². The van der Waals surface area contributed by atoms with Gasteiger partial charge in [0.1, 0.15) is 5.75 Å². The zero-order valence-corrected chi connectivity index (χ0v) is 16.8. The molecule has 6 nitrogen and oxygen atoms in total. The minimum absolute atomic E-state index is 0. The zero-order valence-electron chi connectivity index (χ0n) is 13.6. The summed E-state index contributed by atoms with van der Waals surface area (Å²) in [6.07, 6.45) is 0.759. The average molecular weight is 432 g/mol. The van der Waals surface area contributed by atoms with Crippen LogP contribution in [0.3, 0.4) is 0 Å². The molecule has 2 atom stereocenters. The van der Waals surface area contributed by atoms with Crippen molar-refractivity contribution in [2.45, 2.75) is 6.10 Å². The van der Waals surface area contributed by atoms with Crippen LogP contribution in [0.25, 0.3) is 0 Å². The van der Waals surface area contributed by atoms with Gasteiger partial charge in [-0.25, -0.2) is 8.42 Å². The van der Waals surface area contributed by atoms with Gasteiger partial charge in [0.25, 0.3) is 0 Å². The molecule has 1 aromatic carbocycles. The van der Waals surface area contributed by atoms with Crippen molar-refractivity contribution in [2.24, 2.45) is 5.92 Å². The molecule has 1 heterocycles. The Kier molecular flexibility index (Phi) is 8.94. The normalized spacial score (nSPS) is 21.1. The summed E-state index contributed by atoms with van der Waals surface area (Å²) in [4.78, 5) is 11.7. The molecule has 0 saturated carbocycles. The van der Waals surface area contributed by atoms with Crippen LogP contribution in [0.1, 0.15) is 11.7 Å². The SMILES string of the molecule is CS(=O)(=O)CC(=O)NC[C@@H]1CNCCO[C@H]1c1ccc(Cl)c(Cl)c1.Cl. The van der Waals surface area contributed by atoms with Crippen molar-refractivity contribution in [1.82, 2.24) is 10.6 Å². The maximum Gasteiger partial charge on any atom is 0.235 e. The lowest BCUT2D eigenvalue weighted by Gasteiger charge is -2.25. The van der Waals surface area contributed by atoms with Crippen molar-refractivity contribution in [2.75, 3.05) is 38.2 Å². The zero-order chi connectivity index (χ0) is 17.7. The molecule has 0 aromatic heterocycles. The highest BCUT2D eigenvalue weighted by Gasteiger charge is 2.27. The standard InChI is InChI=1S/C15H20Cl2N2O4S.ClH/c1-24(21,22)9-14(20)19-8-11-7-18-4-5-23-15(11)10-2-3-12(16)13(17)6-10;/h2-3,6,11,15,18H,4-5,7-9H2,1H3,(H,19,20);1H/t11-,15-;/m0./s1. The molecule has 1 amide bonds. The third-order valence-electron chi connectivity index (χ3n) is 3.64. The molecular formula is C15H21Cl3N2O4S. The average Bonchev–Trinajstić information content (AvgIpc) is 2.71. The summed E-state index contributed by atoms with van der Waals surface area (Å²) < 4.78 is 28.3. The molecule has 0 aliphatic carbocycles. The fourth-order valence-electron chi connectivity index (χ4n) is 2.56. The molecule has 1 aromatic rings. The Balaban J connectivity index is 0.00000312. The first-order chi connectivity index (χ1) is 11.3. The van der Waals surface area contributed by atoms with E-state index < -0.39 is 21.5 Å². The Labute approximate surface area is 163 Å². The molecule has 1 aliphatic heterocycles. The molecule has 1 saturated heterocycles. The Bertz CT molecular complexity index is 700.